The van der Waals surface area contributed by atoms with Crippen LogP contribution in [0.1, 0.15) is 24.3 Å². The van der Waals surface area contributed by atoms with Gasteiger partial charge in [0.25, 0.3) is 0 Å². The molecule has 0 atom stereocenters. The van der Waals surface area contributed by atoms with Crippen LogP contribution in [-0.4, -0.2) is 51.2 Å². The van der Waals surface area contributed by atoms with Gasteiger partial charge in [-0.25, -0.2) is 14.6 Å². The molecule has 0 fully saturated rings. The number of carboxylic acid groups (broad SMARTS) is 1. The minimum atomic E-state index is -1.06. The molecule has 2 N–H and O–H groups in total. The second-order valence-electron chi connectivity index (χ2n) is 4.24. The normalized spacial score (nSPS) is 10.4. The summed E-state index contributed by atoms with van der Waals surface area (Å²) in [5.74, 6) is -1.06. The van der Waals surface area contributed by atoms with Gasteiger partial charge in [-0.1, -0.05) is 0 Å². The van der Waals surface area contributed by atoms with Crippen molar-refractivity contribution in [2.24, 2.45) is 0 Å². The van der Waals surface area contributed by atoms with Crippen LogP contribution in [-0.2, 0) is 6.54 Å². The van der Waals surface area contributed by atoms with E-state index >= 15 is 0 Å². The fourth-order valence-corrected chi connectivity index (χ4v) is 1.24. The minimum Gasteiger partial charge on any atom is -0.476 e. The van der Waals surface area contributed by atoms with E-state index in [4.69, 9.17) is 5.11 Å². The highest BCUT2D eigenvalue weighted by atomic mass is 16.4. The number of carbonyl (C=O) groups excluding carboxylic acids is 1. The molecule has 0 radical (unpaired) electrons. The summed E-state index contributed by atoms with van der Waals surface area (Å²) in [6, 6.07) is -0.0135. The molecule has 18 heavy (non-hydrogen) atoms. The Morgan fingerprint density at radius 1 is 1.56 bits per heavy atom. The van der Waals surface area contributed by atoms with Crippen LogP contribution >= 0.6 is 0 Å². The van der Waals surface area contributed by atoms with E-state index in [1.165, 1.54) is 12.5 Å². The van der Waals surface area contributed by atoms with E-state index in [0.29, 0.717) is 13.1 Å². The third-order valence-electron chi connectivity index (χ3n) is 2.59. The molecule has 1 rings (SSSR count). The number of amides is 2. The third-order valence-corrected chi connectivity index (χ3v) is 2.59. The molecule has 7 heteroatoms. The molecular weight excluding hydrogens is 236 g/mol. The molecule has 0 saturated heterocycles. The molecule has 0 aromatic carbocycles. The molecule has 2 amide bonds. The number of hydrogen-bond acceptors (Lipinski definition) is 3. The summed E-state index contributed by atoms with van der Waals surface area (Å²) in [6.45, 7) is 4.76. The lowest BCUT2D eigenvalue weighted by Crippen LogP contribution is -2.42. The summed E-state index contributed by atoms with van der Waals surface area (Å²) >= 11 is 0. The number of carbonyl (C=O) groups is 2. The standard InChI is InChI=1S/C11H18N4O3/c1-8(2)14(3)11(18)12-4-5-15-6-9(10(16)17)13-7-15/h6-8H,4-5H2,1-3H3,(H,12,18)(H,16,17). The summed E-state index contributed by atoms with van der Waals surface area (Å²) < 4.78 is 1.62. The third kappa shape index (κ3) is 3.76. The highest BCUT2D eigenvalue weighted by Gasteiger charge is 2.11. The van der Waals surface area contributed by atoms with Crippen LogP contribution in [0.2, 0.25) is 0 Å². The van der Waals surface area contributed by atoms with Gasteiger partial charge in [0.1, 0.15) is 0 Å². The Bertz CT molecular complexity index is 428. The Morgan fingerprint density at radius 3 is 2.72 bits per heavy atom. The van der Waals surface area contributed by atoms with E-state index in [0.717, 1.165) is 0 Å². The van der Waals surface area contributed by atoms with Gasteiger partial charge < -0.3 is 19.9 Å². The van der Waals surface area contributed by atoms with Crippen LogP contribution in [0, 0.1) is 0 Å². The first-order chi connectivity index (χ1) is 8.41. The van der Waals surface area contributed by atoms with Gasteiger partial charge in [-0.05, 0) is 13.8 Å². The van der Waals surface area contributed by atoms with Gasteiger partial charge in [-0.15, -0.1) is 0 Å². The molecule has 7 nitrogen and oxygen atoms in total. The van der Waals surface area contributed by atoms with E-state index < -0.39 is 5.97 Å². The van der Waals surface area contributed by atoms with Gasteiger partial charge in [0.05, 0.1) is 6.33 Å². The predicted octanol–water partition coefficient (Wildman–Crippen LogP) is 0.631. The van der Waals surface area contributed by atoms with Crippen molar-refractivity contribution in [2.75, 3.05) is 13.6 Å². The van der Waals surface area contributed by atoms with Gasteiger partial charge in [-0.3, -0.25) is 0 Å². The van der Waals surface area contributed by atoms with Gasteiger partial charge in [0.15, 0.2) is 5.69 Å². The lowest BCUT2D eigenvalue weighted by atomic mass is 10.4. The Balaban J connectivity index is 2.37. The lowest BCUT2D eigenvalue weighted by molar-refractivity contribution is 0.0691. The van der Waals surface area contributed by atoms with Crippen LogP contribution in [0.15, 0.2) is 12.5 Å². The van der Waals surface area contributed by atoms with Crippen LogP contribution in [0.25, 0.3) is 0 Å². The zero-order valence-corrected chi connectivity index (χ0v) is 10.8. The summed E-state index contributed by atoms with van der Waals surface area (Å²) in [6.07, 6.45) is 2.86. The maximum Gasteiger partial charge on any atom is 0.356 e. The first kappa shape index (κ1) is 14.0. The maximum atomic E-state index is 11.6. The molecule has 0 aliphatic carbocycles. The Labute approximate surface area is 105 Å². The largest absolute Gasteiger partial charge is 0.476 e. The van der Waals surface area contributed by atoms with E-state index in [-0.39, 0.29) is 17.8 Å². The summed E-state index contributed by atoms with van der Waals surface area (Å²) in [5, 5.41) is 11.4. The van der Waals surface area contributed by atoms with E-state index in [2.05, 4.69) is 10.3 Å². The van der Waals surface area contributed by atoms with Crippen LogP contribution in [0.5, 0.6) is 0 Å². The average Bonchev–Trinajstić information content (AvgIpc) is 2.76. The van der Waals surface area contributed by atoms with Crippen LogP contribution in [0.3, 0.4) is 0 Å². The highest BCUT2D eigenvalue weighted by molar-refractivity contribution is 5.84. The molecule has 0 saturated carbocycles. The zero-order valence-electron chi connectivity index (χ0n) is 10.8. The number of aromatic nitrogens is 2. The number of aromatic carboxylic acids is 1. The molecular formula is C11H18N4O3. The van der Waals surface area contributed by atoms with Gasteiger partial charge in [-0.2, -0.15) is 0 Å². The maximum absolute atomic E-state index is 11.6. The zero-order chi connectivity index (χ0) is 13.7. The smallest absolute Gasteiger partial charge is 0.356 e. The average molecular weight is 254 g/mol. The molecule has 0 bridgehead atoms. The molecule has 0 aliphatic heterocycles. The van der Waals surface area contributed by atoms with Crippen LogP contribution < -0.4 is 5.32 Å². The molecule has 1 heterocycles. The summed E-state index contributed by atoms with van der Waals surface area (Å²) in [7, 11) is 1.72. The Hall–Kier alpha value is -2.05. The molecule has 1 aromatic heterocycles. The van der Waals surface area contributed by atoms with E-state index in [1.54, 1.807) is 16.5 Å². The quantitative estimate of drug-likeness (QED) is 0.806. The Kier molecular flexibility index (Phi) is 4.70. The highest BCUT2D eigenvalue weighted by Crippen LogP contribution is 1.96. The predicted molar refractivity (Wildman–Crippen MR) is 65.5 cm³/mol. The van der Waals surface area contributed by atoms with Crippen molar-refractivity contribution >= 4 is 12.0 Å². The van der Waals surface area contributed by atoms with Gasteiger partial charge >= 0.3 is 12.0 Å². The van der Waals surface area contributed by atoms with Crippen molar-refractivity contribution in [3.8, 4) is 0 Å². The molecule has 0 unspecified atom stereocenters. The minimum absolute atomic E-state index is 0.000579. The van der Waals surface area contributed by atoms with Crippen molar-refractivity contribution in [1.82, 2.24) is 19.8 Å². The number of urea groups is 1. The summed E-state index contributed by atoms with van der Waals surface area (Å²) in [5.41, 5.74) is 0.000579. The first-order valence-corrected chi connectivity index (χ1v) is 5.67. The van der Waals surface area contributed by atoms with Crippen molar-refractivity contribution in [3.05, 3.63) is 18.2 Å². The number of nitrogens with zero attached hydrogens (tertiary/aromatic N) is 3. The number of hydrogen-bond donors (Lipinski definition) is 2. The van der Waals surface area contributed by atoms with E-state index in [9.17, 15) is 9.59 Å². The topological polar surface area (TPSA) is 87.5 Å². The molecule has 0 spiro atoms. The van der Waals surface area contributed by atoms with Crippen LogP contribution in [0.4, 0.5) is 4.79 Å². The van der Waals surface area contributed by atoms with Crippen molar-refractivity contribution in [2.45, 2.75) is 26.4 Å². The lowest BCUT2D eigenvalue weighted by Gasteiger charge is -2.21. The fourth-order valence-electron chi connectivity index (χ4n) is 1.24. The van der Waals surface area contributed by atoms with Crippen molar-refractivity contribution in [3.63, 3.8) is 0 Å². The SMILES string of the molecule is CC(C)N(C)C(=O)NCCn1cnc(C(=O)O)c1. The first-order valence-electron chi connectivity index (χ1n) is 5.67. The second-order valence-corrected chi connectivity index (χ2v) is 4.24. The summed E-state index contributed by atoms with van der Waals surface area (Å²) in [4.78, 5) is 27.5. The second kappa shape index (κ2) is 6.04. The van der Waals surface area contributed by atoms with Crippen molar-refractivity contribution in [1.29, 1.82) is 0 Å². The fraction of sp³-hybridized carbons (Fsp3) is 0.545. The van der Waals surface area contributed by atoms with Gasteiger partial charge in [0.2, 0.25) is 0 Å². The molecule has 100 valence electrons. The number of nitrogens with one attached hydrogen (secondary N) is 1. The number of rotatable bonds is 5. The number of imidazole rings is 1. The van der Waals surface area contributed by atoms with Crippen molar-refractivity contribution < 1.29 is 14.7 Å². The Morgan fingerprint density at radius 2 is 2.22 bits per heavy atom. The molecule has 0 aliphatic rings. The number of carboxylic acids is 1. The molecule has 1 aromatic rings. The van der Waals surface area contributed by atoms with Gasteiger partial charge in [0, 0.05) is 32.4 Å². The monoisotopic (exact) mass is 254 g/mol. The van der Waals surface area contributed by atoms with E-state index in [1.807, 2.05) is 13.8 Å².